The summed E-state index contributed by atoms with van der Waals surface area (Å²) < 4.78 is 47.8. The quantitative estimate of drug-likeness (QED) is 0.677. The number of sulfonamides is 1. The van der Waals surface area contributed by atoms with Gasteiger partial charge in [-0.25, -0.2) is 12.8 Å². The lowest BCUT2D eigenvalue weighted by atomic mass is 10.2. The van der Waals surface area contributed by atoms with Gasteiger partial charge in [-0.3, -0.25) is 10.2 Å². The van der Waals surface area contributed by atoms with Gasteiger partial charge in [-0.05, 0) is 30.3 Å². The van der Waals surface area contributed by atoms with Crippen molar-refractivity contribution >= 4 is 26.9 Å². The summed E-state index contributed by atoms with van der Waals surface area (Å²) in [5.74, 6) is -1.19. The van der Waals surface area contributed by atoms with Crippen LogP contribution < -0.4 is 15.0 Å². The molecule has 9 heteroatoms. The molecule has 3 aromatic rings. The summed E-state index contributed by atoms with van der Waals surface area (Å²) in [5, 5.41) is 0.623. The number of carbonyl (C=O) groups excluding carboxylic acids is 1. The van der Waals surface area contributed by atoms with Crippen molar-refractivity contribution in [3.8, 4) is 5.75 Å². The largest absolute Gasteiger partial charge is 0.493 e. The zero-order chi connectivity index (χ0) is 18.0. The van der Waals surface area contributed by atoms with Crippen molar-refractivity contribution in [3.63, 3.8) is 0 Å². The maximum atomic E-state index is 13.1. The smallest absolute Gasteiger partial charge is 0.301 e. The molecule has 0 fully saturated rings. The van der Waals surface area contributed by atoms with Gasteiger partial charge in [0, 0.05) is 5.39 Å². The van der Waals surface area contributed by atoms with E-state index in [0.717, 1.165) is 12.1 Å². The number of hydrogen-bond donors (Lipinski definition) is 2. The monoisotopic (exact) mass is 364 g/mol. The topological polar surface area (TPSA) is 97.6 Å². The van der Waals surface area contributed by atoms with E-state index in [0.29, 0.717) is 16.7 Å². The van der Waals surface area contributed by atoms with E-state index in [-0.39, 0.29) is 10.7 Å². The minimum Gasteiger partial charge on any atom is -0.493 e. The van der Waals surface area contributed by atoms with Crippen LogP contribution in [-0.4, -0.2) is 21.4 Å². The van der Waals surface area contributed by atoms with Crippen molar-refractivity contribution in [1.29, 1.82) is 0 Å². The van der Waals surface area contributed by atoms with Crippen molar-refractivity contribution in [2.45, 2.75) is 4.90 Å². The number of halogens is 1. The number of nitrogens with one attached hydrogen (secondary N) is 2. The minimum atomic E-state index is -4.12. The number of hydrogen-bond acceptors (Lipinski definition) is 5. The van der Waals surface area contributed by atoms with Crippen LogP contribution in [0, 0.1) is 5.82 Å². The molecule has 130 valence electrons. The molecule has 0 aliphatic rings. The first-order valence-corrected chi connectivity index (χ1v) is 8.53. The van der Waals surface area contributed by atoms with E-state index < -0.39 is 21.7 Å². The van der Waals surface area contributed by atoms with Crippen molar-refractivity contribution in [3.05, 3.63) is 60.1 Å². The molecule has 7 nitrogen and oxygen atoms in total. The highest BCUT2D eigenvalue weighted by atomic mass is 32.2. The molecule has 2 N–H and O–H groups in total. The zero-order valence-electron chi connectivity index (χ0n) is 12.9. The lowest BCUT2D eigenvalue weighted by molar-refractivity contribution is 0.0919. The molecule has 0 aliphatic carbocycles. The van der Waals surface area contributed by atoms with Gasteiger partial charge in [-0.2, -0.15) is 0 Å². The molecule has 3 rings (SSSR count). The van der Waals surface area contributed by atoms with E-state index in [1.54, 1.807) is 18.2 Å². The normalized spacial score (nSPS) is 11.4. The number of rotatable bonds is 5. The lowest BCUT2D eigenvalue weighted by Gasteiger charge is -2.07. The predicted octanol–water partition coefficient (Wildman–Crippen LogP) is 2.20. The van der Waals surface area contributed by atoms with E-state index in [2.05, 4.69) is 0 Å². The maximum absolute atomic E-state index is 13.1. The van der Waals surface area contributed by atoms with E-state index in [4.69, 9.17) is 9.15 Å². The lowest BCUT2D eigenvalue weighted by Crippen LogP contribution is -2.41. The molecule has 2 aromatic carbocycles. The van der Waals surface area contributed by atoms with Gasteiger partial charge >= 0.3 is 5.91 Å². The van der Waals surface area contributed by atoms with Crippen molar-refractivity contribution in [2.24, 2.45) is 0 Å². The van der Waals surface area contributed by atoms with Crippen molar-refractivity contribution in [2.75, 3.05) is 7.11 Å². The molecular formula is C16H13FN2O5S. The third-order valence-electron chi connectivity index (χ3n) is 3.36. The molecule has 0 aliphatic heterocycles. The first kappa shape index (κ1) is 16.9. The van der Waals surface area contributed by atoms with Crippen molar-refractivity contribution in [1.82, 2.24) is 10.3 Å². The van der Waals surface area contributed by atoms with Gasteiger partial charge in [0.1, 0.15) is 5.82 Å². The number of furan rings is 1. The number of benzene rings is 2. The van der Waals surface area contributed by atoms with Gasteiger partial charge in [0.05, 0.1) is 12.0 Å². The highest BCUT2D eigenvalue weighted by Crippen LogP contribution is 2.28. The summed E-state index contributed by atoms with van der Waals surface area (Å²) in [4.78, 5) is 13.7. The summed E-state index contributed by atoms with van der Waals surface area (Å²) in [7, 11) is -2.65. The van der Waals surface area contributed by atoms with E-state index in [1.807, 2.05) is 10.3 Å². The second kappa shape index (κ2) is 6.54. The van der Waals surface area contributed by atoms with Gasteiger partial charge in [-0.15, -0.1) is 4.83 Å². The second-order valence-corrected chi connectivity index (χ2v) is 6.69. The third-order valence-corrected chi connectivity index (χ3v) is 4.60. The third kappa shape index (κ3) is 3.47. The molecule has 25 heavy (non-hydrogen) atoms. The Kier molecular flexibility index (Phi) is 4.43. The van der Waals surface area contributed by atoms with Gasteiger partial charge in [0.2, 0.25) is 0 Å². The van der Waals surface area contributed by atoms with Crippen LogP contribution in [0.15, 0.2) is 57.8 Å². The van der Waals surface area contributed by atoms with Crippen LogP contribution >= 0.6 is 0 Å². The highest BCUT2D eigenvalue weighted by molar-refractivity contribution is 7.89. The van der Waals surface area contributed by atoms with E-state index in [9.17, 15) is 17.6 Å². The number of amides is 1. The maximum Gasteiger partial charge on any atom is 0.301 e. The van der Waals surface area contributed by atoms with Gasteiger partial charge in [0.25, 0.3) is 10.0 Å². The second-order valence-electron chi connectivity index (χ2n) is 5.01. The Morgan fingerprint density at radius 1 is 1.16 bits per heavy atom. The summed E-state index contributed by atoms with van der Waals surface area (Å²) in [6.07, 6.45) is 0. The minimum absolute atomic E-state index is 0.110. The van der Waals surface area contributed by atoms with Crippen LogP contribution in [-0.2, 0) is 10.0 Å². The molecule has 0 atom stereocenters. The summed E-state index contributed by atoms with van der Waals surface area (Å²) in [6.45, 7) is 0. The standard InChI is InChI=1S/C16H13FN2O5S/c1-23-13-7-2-4-10-8-14(24-15(10)13)16(20)18-19-25(21,22)12-6-3-5-11(17)9-12/h2-9,19H,1H3,(H,18,20). The fraction of sp³-hybridized carbons (Fsp3) is 0.0625. The molecule has 0 radical (unpaired) electrons. The molecule has 1 amide bonds. The Bertz CT molecular complexity index is 1050. The number of fused-ring (bicyclic) bond motifs is 1. The Hall–Kier alpha value is -2.91. The van der Waals surface area contributed by atoms with E-state index in [1.165, 1.54) is 25.3 Å². The molecule has 1 heterocycles. The highest BCUT2D eigenvalue weighted by Gasteiger charge is 2.19. The molecule has 0 spiro atoms. The Morgan fingerprint density at radius 2 is 1.92 bits per heavy atom. The number of methoxy groups -OCH3 is 1. The molecule has 1 aromatic heterocycles. The number of hydrazine groups is 1. The van der Waals surface area contributed by atoms with Crippen LogP contribution in [0.3, 0.4) is 0 Å². The van der Waals surface area contributed by atoms with Crippen LogP contribution in [0.25, 0.3) is 11.0 Å². The van der Waals surface area contributed by atoms with Crippen molar-refractivity contribution < 1.29 is 26.8 Å². The van der Waals surface area contributed by atoms with Gasteiger partial charge < -0.3 is 9.15 Å². The van der Waals surface area contributed by atoms with Crippen LogP contribution in [0.5, 0.6) is 5.75 Å². The molecular weight excluding hydrogens is 351 g/mol. The summed E-state index contributed by atoms with van der Waals surface area (Å²) >= 11 is 0. The molecule has 0 bridgehead atoms. The van der Waals surface area contributed by atoms with Crippen LogP contribution in [0.4, 0.5) is 4.39 Å². The SMILES string of the molecule is COc1cccc2cc(C(=O)NNS(=O)(=O)c3cccc(F)c3)oc12. The Labute approximate surface area is 142 Å². The number of ether oxygens (including phenoxy) is 1. The summed E-state index contributed by atoms with van der Waals surface area (Å²) in [6, 6.07) is 10.9. The fourth-order valence-electron chi connectivity index (χ4n) is 2.18. The number of carbonyl (C=O) groups is 1. The average Bonchev–Trinajstić information content (AvgIpc) is 3.04. The van der Waals surface area contributed by atoms with Crippen LogP contribution in [0.1, 0.15) is 10.6 Å². The zero-order valence-corrected chi connectivity index (χ0v) is 13.8. The first-order valence-electron chi connectivity index (χ1n) is 7.05. The van der Waals surface area contributed by atoms with Gasteiger partial charge in [-0.1, -0.05) is 18.2 Å². The van der Waals surface area contributed by atoms with E-state index >= 15 is 0 Å². The van der Waals surface area contributed by atoms with Gasteiger partial charge in [0.15, 0.2) is 17.1 Å². The molecule has 0 saturated heterocycles. The Balaban J connectivity index is 1.79. The van der Waals surface area contributed by atoms with Crippen LogP contribution in [0.2, 0.25) is 0 Å². The molecule has 0 saturated carbocycles. The first-order chi connectivity index (χ1) is 11.9. The predicted molar refractivity (Wildman–Crippen MR) is 87.0 cm³/mol. The Morgan fingerprint density at radius 3 is 2.64 bits per heavy atom. The number of para-hydroxylation sites is 1. The molecule has 0 unspecified atom stereocenters. The summed E-state index contributed by atoms with van der Waals surface area (Å²) in [5.41, 5.74) is 2.39. The fourth-order valence-corrected chi connectivity index (χ4v) is 3.05. The average molecular weight is 364 g/mol.